The van der Waals surface area contributed by atoms with Crippen molar-refractivity contribution in [3.63, 3.8) is 0 Å². The highest BCUT2D eigenvalue weighted by atomic mass is 127. The highest BCUT2D eigenvalue weighted by Crippen LogP contribution is 1.82. The van der Waals surface area contributed by atoms with E-state index in [4.69, 9.17) is 5.53 Å². The van der Waals surface area contributed by atoms with Gasteiger partial charge in [-0.25, -0.2) is 10.5 Å². The molecule has 0 aliphatic carbocycles. The summed E-state index contributed by atoms with van der Waals surface area (Å²) in [6.45, 7) is 0. The summed E-state index contributed by atoms with van der Waals surface area (Å²) >= 11 is 2.03. The zero-order valence-electron chi connectivity index (χ0n) is 3.50. The van der Waals surface area contributed by atoms with Crippen molar-refractivity contribution in [2.75, 3.05) is 0 Å². The van der Waals surface area contributed by atoms with Crippen molar-refractivity contribution in [1.29, 1.82) is 5.53 Å². The Kier molecular flexibility index (Phi) is 5.53. The van der Waals surface area contributed by atoms with Crippen molar-refractivity contribution in [3.8, 4) is 0 Å². The molecule has 0 rings (SSSR count). The molecule has 0 amide bonds. The summed E-state index contributed by atoms with van der Waals surface area (Å²) in [6.07, 6.45) is 2.72. The van der Waals surface area contributed by atoms with Crippen molar-refractivity contribution in [2.45, 2.75) is 0 Å². The Bertz CT molecular complexity index is 96.4. The molecule has 0 heterocycles. The molecule has 0 atom stereocenters. The molecule has 0 aromatic heterocycles. The lowest BCUT2D eigenvalue weighted by molar-refractivity contribution is 1.20. The first-order valence-corrected chi connectivity index (χ1v) is 2.80. The van der Waals surface area contributed by atoms with E-state index in [-0.39, 0.29) is 0 Å². The molecule has 0 radical (unpaired) electrons. The fourth-order valence-electron chi connectivity index (χ4n) is 0.104. The van der Waals surface area contributed by atoms with E-state index < -0.39 is 0 Å². The largest absolute Gasteiger partial charge is 0.242 e. The van der Waals surface area contributed by atoms with Gasteiger partial charge in [-0.05, 0) is 4.08 Å². The van der Waals surface area contributed by atoms with Crippen LogP contribution in [0.5, 0.6) is 0 Å². The lowest BCUT2D eigenvalue weighted by Gasteiger charge is -1.64. The third-order valence-corrected chi connectivity index (χ3v) is 0.588. The molecule has 38 valence electrons. The Labute approximate surface area is 55.2 Å². The Morgan fingerprint density at radius 2 is 2.29 bits per heavy atom. The third kappa shape index (κ3) is 5.74. The van der Waals surface area contributed by atoms with Gasteiger partial charge in [-0.3, -0.25) is 0 Å². The van der Waals surface area contributed by atoms with E-state index in [0.717, 1.165) is 6.34 Å². The van der Waals surface area contributed by atoms with Crippen molar-refractivity contribution in [3.05, 3.63) is 10.3 Å². The predicted octanol–water partition coefficient (Wildman–Crippen LogP) is 1.95. The lowest BCUT2D eigenvalue weighted by atomic mass is 11.0. The second kappa shape index (κ2) is 5.74. The van der Waals surface area contributed by atoms with E-state index in [1.165, 1.54) is 0 Å². The zero-order valence-corrected chi connectivity index (χ0v) is 5.66. The summed E-state index contributed by atoms with van der Waals surface area (Å²) < 4.78 is 1.74. The molecule has 7 heavy (non-hydrogen) atoms. The van der Waals surface area contributed by atoms with Gasteiger partial charge in [0.05, 0.1) is 0 Å². The van der Waals surface area contributed by atoms with Crippen molar-refractivity contribution in [1.82, 2.24) is 0 Å². The van der Waals surface area contributed by atoms with Gasteiger partial charge in [0.1, 0.15) is 6.34 Å². The van der Waals surface area contributed by atoms with Crippen LogP contribution in [-0.2, 0) is 0 Å². The fraction of sp³-hybridized carbons (Fsp3) is 0. The minimum Gasteiger partial charge on any atom is -0.242 e. The van der Waals surface area contributed by atoms with Crippen LogP contribution in [0.1, 0.15) is 0 Å². The maximum atomic E-state index is 6.22. The van der Waals surface area contributed by atoms with Crippen LogP contribution in [0.15, 0.2) is 20.4 Å². The minimum absolute atomic E-state index is 1.16. The molecule has 0 aromatic rings. The number of aliphatic imine (C=N–C) groups is 1. The number of hydrogen-bond donors (Lipinski definition) is 1. The van der Waals surface area contributed by atoms with Crippen molar-refractivity contribution in [2.24, 2.45) is 10.1 Å². The van der Waals surface area contributed by atoms with Crippen molar-refractivity contribution < 1.29 is 0 Å². The van der Waals surface area contributed by atoms with Gasteiger partial charge < -0.3 is 0 Å². The maximum Gasteiger partial charge on any atom is 0.137 e. The maximum absolute atomic E-state index is 6.22. The highest BCUT2D eigenvalue weighted by Gasteiger charge is 1.54. The molecular formula is C3H4IN3. The fourth-order valence-corrected chi connectivity index (χ4v) is 0.290. The first kappa shape index (κ1) is 6.74. The van der Waals surface area contributed by atoms with Gasteiger partial charge in [0, 0.05) is 6.20 Å². The zero-order chi connectivity index (χ0) is 5.54. The average Bonchev–Trinajstić information content (AvgIpc) is 1.69. The summed E-state index contributed by atoms with van der Waals surface area (Å²) in [5.41, 5.74) is 6.22. The second-order valence-electron chi connectivity index (χ2n) is 0.669. The molecule has 0 spiro atoms. The van der Waals surface area contributed by atoms with Crippen LogP contribution in [-0.4, -0.2) is 6.34 Å². The second-order valence-corrected chi connectivity index (χ2v) is 1.39. The summed E-state index contributed by atoms with van der Waals surface area (Å²) in [5, 5.41) is 2.88. The first-order valence-electron chi connectivity index (χ1n) is 1.55. The van der Waals surface area contributed by atoms with Gasteiger partial charge in [0.25, 0.3) is 0 Å². The van der Waals surface area contributed by atoms with E-state index in [1.807, 2.05) is 22.6 Å². The van der Waals surface area contributed by atoms with Crippen LogP contribution in [0.2, 0.25) is 0 Å². The smallest absolute Gasteiger partial charge is 0.137 e. The van der Waals surface area contributed by atoms with Crippen LogP contribution in [0.4, 0.5) is 0 Å². The lowest BCUT2D eigenvalue weighted by Crippen LogP contribution is -1.53. The monoisotopic (exact) mass is 209 g/mol. The molecule has 0 saturated carbocycles. The van der Waals surface area contributed by atoms with E-state index >= 15 is 0 Å². The quantitative estimate of drug-likeness (QED) is 0.312. The van der Waals surface area contributed by atoms with E-state index in [0.29, 0.717) is 0 Å². The van der Waals surface area contributed by atoms with Gasteiger partial charge in [-0.2, -0.15) is 0 Å². The molecule has 4 heteroatoms. The van der Waals surface area contributed by atoms with Gasteiger partial charge >= 0.3 is 0 Å². The summed E-state index contributed by atoms with van der Waals surface area (Å²) in [4.78, 5) is 3.54. The van der Waals surface area contributed by atoms with E-state index in [2.05, 4.69) is 10.1 Å². The van der Waals surface area contributed by atoms with Crippen LogP contribution in [0.25, 0.3) is 0 Å². The molecular weight excluding hydrogens is 205 g/mol. The standard InChI is InChI=1S/C3H4IN3/c4-1-2-6-3-7-5/h1-3,5H/b2-1-,6-3-,7-5?. The molecule has 0 unspecified atom stereocenters. The molecule has 0 aliphatic heterocycles. The van der Waals surface area contributed by atoms with Gasteiger partial charge in [-0.1, -0.05) is 22.6 Å². The van der Waals surface area contributed by atoms with Crippen LogP contribution >= 0.6 is 22.6 Å². The Morgan fingerprint density at radius 1 is 1.57 bits per heavy atom. The molecule has 0 aliphatic rings. The van der Waals surface area contributed by atoms with Crippen LogP contribution < -0.4 is 0 Å². The van der Waals surface area contributed by atoms with Crippen LogP contribution in [0, 0.1) is 5.53 Å². The average molecular weight is 209 g/mol. The van der Waals surface area contributed by atoms with Crippen molar-refractivity contribution >= 4 is 28.9 Å². The Hall–Kier alpha value is -0.260. The molecule has 3 nitrogen and oxygen atoms in total. The molecule has 0 fully saturated rings. The molecule has 0 aromatic carbocycles. The minimum atomic E-state index is 1.16. The number of nitrogens with one attached hydrogen (secondary N) is 1. The number of nitrogens with zero attached hydrogens (tertiary/aromatic N) is 2. The van der Waals surface area contributed by atoms with Crippen LogP contribution in [0.3, 0.4) is 0 Å². The van der Waals surface area contributed by atoms with E-state index in [9.17, 15) is 0 Å². The Balaban J connectivity index is 3.27. The predicted molar refractivity (Wildman–Crippen MR) is 36.8 cm³/mol. The summed E-state index contributed by atoms with van der Waals surface area (Å²) in [6, 6.07) is 0. The van der Waals surface area contributed by atoms with Gasteiger partial charge in [0.15, 0.2) is 0 Å². The normalized spacial score (nSPS) is 11.0. The highest BCUT2D eigenvalue weighted by molar-refractivity contribution is 14.1. The number of hydrogen-bond acceptors (Lipinski definition) is 2. The molecule has 1 N–H and O–H groups in total. The first-order chi connectivity index (χ1) is 3.41. The Morgan fingerprint density at radius 3 is 2.71 bits per heavy atom. The molecule has 0 bridgehead atoms. The topological polar surface area (TPSA) is 48.6 Å². The van der Waals surface area contributed by atoms with Gasteiger partial charge in [0.2, 0.25) is 0 Å². The van der Waals surface area contributed by atoms with E-state index in [1.54, 1.807) is 10.3 Å². The molecule has 0 saturated heterocycles. The summed E-state index contributed by atoms with van der Waals surface area (Å²) in [7, 11) is 0. The van der Waals surface area contributed by atoms with Gasteiger partial charge in [-0.15, -0.1) is 5.11 Å². The SMILES string of the molecule is N=N/C=N\C=C/I. The third-order valence-electron chi connectivity index (χ3n) is 0.267. The summed E-state index contributed by atoms with van der Waals surface area (Å²) in [5.74, 6) is 0. The number of halogens is 1. The number of rotatable bonds is 2.